The smallest absolute Gasteiger partial charge is 0.415 e. The van der Waals surface area contributed by atoms with Gasteiger partial charge >= 0.3 is 6.08 Å². The zero-order chi connectivity index (χ0) is 17.2. The SMILES string of the molecule is Cc1cccn2c(=O)cc(COc3nnc(-c4ccccc4)o3)nc12. The lowest BCUT2D eigenvalue weighted by Gasteiger charge is -2.05. The number of fused-ring (bicyclic) bond motifs is 1. The number of hydrogen-bond donors (Lipinski definition) is 0. The Labute approximate surface area is 142 Å². The molecule has 0 unspecified atom stereocenters. The number of benzene rings is 1. The van der Waals surface area contributed by atoms with E-state index in [2.05, 4.69) is 15.2 Å². The van der Waals surface area contributed by atoms with Crippen molar-refractivity contribution in [1.82, 2.24) is 19.6 Å². The molecule has 7 heteroatoms. The van der Waals surface area contributed by atoms with Crippen LogP contribution in [0.1, 0.15) is 11.3 Å². The van der Waals surface area contributed by atoms with Crippen molar-refractivity contribution < 1.29 is 9.15 Å². The summed E-state index contributed by atoms with van der Waals surface area (Å²) in [5, 5.41) is 7.81. The normalized spacial score (nSPS) is 10.9. The van der Waals surface area contributed by atoms with Crippen LogP contribution in [-0.2, 0) is 6.61 Å². The number of aryl methyl sites for hydroxylation is 1. The Morgan fingerprint density at radius 1 is 1.12 bits per heavy atom. The highest BCUT2D eigenvalue weighted by molar-refractivity contribution is 5.52. The topological polar surface area (TPSA) is 82.5 Å². The Morgan fingerprint density at radius 3 is 2.80 bits per heavy atom. The maximum Gasteiger partial charge on any atom is 0.415 e. The molecule has 4 aromatic rings. The van der Waals surface area contributed by atoms with Crippen molar-refractivity contribution in [3.8, 4) is 17.5 Å². The van der Waals surface area contributed by atoms with Gasteiger partial charge in [-0.1, -0.05) is 29.4 Å². The fourth-order valence-electron chi connectivity index (χ4n) is 2.48. The van der Waals surface area contributed by atoms with Crippen LogP contribution in [0.15, 0.2) is 63.9 Å². The molecule has 0 radical (unpaired) electrons. The van der Waals surface area contributed by atoms with Crippen molar-refractivity contribution in [2.45, 2.75) is 13.5 Å². The molecule has 0 aliphatic carbocycles. The van der Waals surface area contributed by atoms with Gasteiger partial charge in [0.15, 0.2) is 0 Å². The van der Waals surface area contributed by atoms with Gasteiger partial charge in [-0.25, -0.2) is 4.98 Å². The number of nitrogens with zero attached hydrogens (tertiary/aromatic N) is 4. The Morgan fingerprint density at radius 2 is 1.96 bits per heavy atom. The van der Waals surface area contributed by atoms with Crippen LogP contribution in [0.25, 0.3) is 17.1 Å². The van der Waals surface area contributed by atoms with Gasteiger partial charge in [-0.3, -0.25) is 9.20 Å². The van der Waals surface area contributed by atoms with E-state index in [9.17, 15) is 4.79 Å². The lowest BCUT2D eigenvalue weighted by atomic mass is 10.2. The molecule has 3 heterocycles. The third kappa shape index (κ3) is 2.99. The zero-order valence-corrected chi connectivity index (χ0v) is 13.4. The van der Waals surface area contributed by atoms with Gasteiger partial charge < -0.3 is 9.15 Å². The maximum absolute atomic E-state index is 12.2. The number of hydrogen-bond acceptors (Lipinski definition) is 6. The number of rotatable bonds is 4. The first-order valence-electron chi connectivity index (χ1n) is 7.70. The second-order valence-corrected chi connectivity index (χ2v) is 5.50. The van der Waals surface area contributed by atoms with Crippen molar-refractivity contribution >= 4 is 5.65 Å². The fraction of sp³-hybridized carbons (Fsp3) is 0.111. The molecule has 1 aromatic carbocycles. The largest absolute Gasteiger partial charge is 0.443 e. The molecule has 3 aromatic heterocycles. The molecule has 0 atom stereocenters. The first-order chi connectivity index (χ1) is 12.2. The number of ether oxygens (including phenoxy) is 1. The molecule has 0 spiro atoms. The van der Waals surface area contributed by atoms with Crippen molar-refractivity contribution in [3.63, 3.8) is 0 Å². The van der Waals surface area contributed by atoms with Gasteiger partial charge in [-0.15, -0.1) is 5.10 Å². The van der Waals surface area contributed by atoms with Crippen LogP contribution in [0.4, 0.5) is 0 Å². The lowest BCUT2D eigenvalue weighted by Crippen LogP contribution is -2.17. The summed E-state index contributed by atoms with van der Waals surface area (Å²) < 4.78 is 12.5. The van der Waals surface area contributed by atoms with Gasteiger partial charge in [-0.2, -0.15) is 0 Å². The number of aromatic nitrogens is 4. The Hall–Kier alpha value is -3.48. The van der Waals surface area contributed by atoms with Crippen LogP contribution in [0, 0.1) is 6.92 Å². The Balaban J connectivity index is 1.56. The Bertz CT molecular complexity index is 1090. The minimum absolute atomic E-state index is 0.0330. The molecule has 0 bridgehead atoms. The monoisotopic (exact) mass is 334 g/mol. The second kappa shape index (κ2) is 6.20. The highest BCUT2D eigenvalue weighted by Crippen LogP contribution is 2.20. The van der Waals surface area contributed by atoms with Gasteiger partial charge in [0.05, 0.1) is 5.69 Å². The summed E-state index contributed by atoms with van der Waals surface area (Å²) in [5.74, 6) is 0.373. The summed E-state index contributed by atoms with van der Waals surface area (Å²) in [4.78, 5) is 16.6. The molecule has 25 heavy (non-hydrogen) atoms. The molecule has 0 N–H and O–H groups in total. The first-order valence-corrected chi connectivity index (χ1v) is 7.70. The van der Waals surface area contributed by atoms with E-state index in [1.807, 2.05) is 49.4 Å². The summed E-state index contributed by atoms with van der Waals surface area (Å²) >= 11 is 0. The van der Waals surface area contributed by atoms with E-state index >= 15 is 0 Å². The highest BCUT2D eigenvalue weighted by Gasteiger charge is 2.11. The standard InChI is InChI=1S/C18H14N4O3/c1-12-6-5-9-22-15(23)10-14(19-16(12)22)11-24-18-21-20-17(25-18)13-7-3-2-4-8-13/h2-10H,11H2,1H3. The highest BCUT2D eigenvalue weighted by atomic mass is 16.6. The van der Waals surface area contributed by atoms with Gasteiger partial charge in [0.1, 0.15) is 12.3 Å². The van der Waals surface area contributed by atoms with Gasteiger partial charge in [0.25, 0.3) is 11.4 Å². The molecular formula is C18H14N4O3. The molecule has 124 valence electrons. The van der Waals surface area contributed by atoms with E-state index in [-0.39, 0.29) is 18.2 Å². The minimum atomic E-state index is -0.164. The molecule has 0 aliphatic rings. The van der Waals surface area contributed by atoms with Gasteiger partial charge in [0, 0.05) is 17.8 Å². The first kappa shape index (κ1) is 15.1. The summed E-state index contributed by atoms with van der Waals surface area (Å²) in [5.41, 5.74) is 2.65. The molecule has 4 rings (SSSR count). The van der Waals surface area contributed by atoms with Crippen molar-refractivity contribution in [2.75, 3.05) is 0 Å². The predicted octanol–water partition coefficient (Wildman–Crippen LogP) is 2.63. The van der Waals surface area contributed by atoms with Crippen LogP contribution in [0.5, 0.6) is 6.08 Å². The minimum Gasteiger partial charge on any atom is -0.443 e. The third-order valence-corrected chi connectivity index (χ3v) is 3.71. The van der Waals surface area contributed by atoms with Crippen LogP contribution in [0.2, 0.25) is 0 Å². The van der Waals surface area contributed by atoms with Crippen LogP contribution >= 0.6 is 0 Å². The summed E-state index contributed by atoms with van der Waals surface area (Å²) in [6.45, 7) is 1.97. The third-order valence-electron chi connectivity index (χ3n) is 3.71. The molecule has 0 aliphatic heterocycles. The van der Waals surface area contributed by atoms with Crippen LogP contribution in [-0.4, -0.2) is 19.6 Å². The molecular weight excluding hydrogens is 320 g/mol. The molecule has 0 saturated heterocycles. The van der Waals surface area contributed by atoms with Crippen molar-refractivity contribution in [2.24, 2.45) is 0 Å². The second-order valence-electron chi connectivity index (χ2n) is 5.50. The predicted molar refractivity (Wildman–Crippen MR) is 90.3 cm³/mol. The van der Waals surface area contributed by atoms with Crippen molar-refractivity contribution in [1.29, 1.82) is 0 Å². The zero-order valence-electron chi connectivity index (χ0n) is 13.4. The summed E-state index contributed by atoms with van der Waals surface area (Å²) in [7, 11) is 0. The average Bonchev–Trinajstić information content (AvgIpc) is 3.11. The van der Waals surface area contributed by atoms with E-state index in [0.29, 0.717) is 17.2 Å². The lowest BCUT2D eigenvalue weighted by molar-refractivity contribution is 0.219. The maximum atomic E-state index is 12.2. The molecule has 0 saturated carbocycles. The number of pyridine rings is 1. The molecule has 0 fully saturated rings. The fourth-order valence-corrected chi connectivity index (χ4v) is 2.48. The van der Waals surface area contributed by atoms with Crippen molar-refractivity contribution in [3.05, 3.63) is 76.3 Å². The quantitative estimate of drug-likeness (QED) is 0.570. The average molecular weight is 334 g/mol. The van der Waals surface area contributed by atoms with E-state index < -0.39 is 0 Å². The van der Waals surface area contributed by atoms with E-state index in [1.165, 1.54) is 10.5 Å². The van der Waals surface area contributed by atoms with E-state index in [1.54, 1.807) is 6.20 Å². The van der Waals surface area contributed by atoms with Crippen LogP contribution < -0.4 is 10.3 Å². The summed E-state index contributed by atoms with van der Waals surface area (Å²) in [6, 6.07) is 14.5. The molecule has 7 nitrogen and oxygen atoms in total. The van der Waals surface area contributed by atoms with Gasteiger partial charge in [-0.05, 0) is 30.7 Å². The summed E-state index contributed by atoms with van der Waals surface area (Å²) in [6.07, 6.45) is 1.72. The van der Waals surface area contributed by atoms with E-state index in [4.69, 9.17) is 9.15 Å². The molecule has 0 amide bonds. The van der Waals surface area contributed by atoms with Gasteiger partial charge in [0.2, 0.25) is 0 Å². The van der Waals surface area contributed by atoms with E-state index in [0.717, 1.165) is 11.1 Å². The Kier molecular flexibility index (Phi) is 3.74. The van der Waals surface area contributed by atoms with Crippen LogP contribution in [0.3, 0.4) is 0 Å².